The van der Waals surface area contributed by atoms with Gasteiger partial charge in [-0.2, -0.15) is 0 Å². The van der Waals surface area contributed by atoms with Gasteiger partial charge in [0.05, 0.1) is 6.54 Å². The lowest BCUT2D eigenvalue weighted by atomic mass is 9.95. The number of piperidine rings is 1. The van der Waals surface area contributed by atoms with E-state index in [1.54, 1.807) is 0 Å². The summed E-state index contributed by atoms with van der Waals surface area (Å²) in [6, 6.07) is 16.8. The first-order chi connectivity index (χ1) is 14.2. The summed E-state index contributed by atoms with van der Waals surface area (Å²) in [6.07, 6.45) is 4.10. The molecule has 156 valence electrons. The maximum atomic E-state index is 12.5. The number of likely N-dealkylation sites (tertiary alicyclic amines) is 1. The maximum absolute atomic E-state index is 12.5. The second kappa shape index (κ2) is 11.0. The normalized spacial score (nSPS) is 15.2. The van der Waals surface area contributed by atoms with Crippen LogP contribution in [0.2, 0.25) is 0 Å². The number of carbonyl (C=O) groups is 1. The summed E-state index contributed by atoms with van der Waals surface area (Å²) in [5, 5.41) is 3.05. The number of hydrogen-bond donors (Lipinski definition) is 1. The van der Waals surface area contributed by atoms with E-state index in [-0.39, 0.29) is 11.8 Å². The molecule has 4 nitrogen and oxygen atoms in total. The van der Waals surface area contributed by atoms with Crippen molar-refractivity contribution >= 4 is 5.91 Å². The summed E-state index contributed by atoms with van der Waals surface area (Å²) < 4.78 is 5.75. The summed E-state index contributed by atoms with van der Waals surface area (Å²) in [7, 11) is 0. The number of rotatable bonds is 9. The molecule has 0 spiro atoms. The summed E-state index contributed by atoms with van der Waals surface area (Å²) in [5.41, 5.74) is 4.06. The Morgan fingerprint density at radius 2 is 1.83 bits per heavy atom. The van der Waals surface area contributed by atoms with Gasteiger partial charge in [-0.05, 0) is 68.1 Å². The predicted molar refractivity (Wildman–Crippen MR) is 118 cm³/mol. The molecule has 1 amide bonds. The number of nitrogens with one attached hydrogen (secondary N) is 1. The van der Waals surface area contributed by atoms with Crippen LogP contribution in [0.25, 0.3) is 0 Å². The minimum Gasteiger partial charge on any atom is -0.492 e. The van der Waals surface area contributed by atoms with Crippen molar-refractivity contribution in [3.63, 3.8) is 0 Å². The number of amides is 1. The molecule has 0 aromatic heterocycles. The van der Waals surface area contributed by atoms with Gasteiger partial charge >= 0.3 is 0 Å². The number of nitrogens with zero attached hydrogens (tertiary/aromatic N) is 1. The molecule has 4 heteroatoms. The first-order valence-corrected chi connectivity index (χ1v) is 10.9. The number of benzene rings is 2. The van der Waals surface area contributed by atoms with Crippen LogP contribution < -0.4 is 10.1 Å². The Morgan fingerprint density at radius 1 is 1.10 bits per heavy atom. The molecule has 0 atom stereocenters. The highest BCUT2D eigenvalue weighted by Crippen LogP contribution is 2.20. The highest BCUT2D eigenvalue weighted by Gasteiger charge is 2.24. The second-order valence-corrected chi connectivity index (χ2v) is 8.01. The minimum absolute atomic E-state index is 0.122. The molecule has 29 heavy (non-hydrogen) atoms. The van der Waals surface area contributed by atoms with Gasteiger partial charge in [0.15, 0.2) is 0 Å². The van der Waals surface area contributed by atoms with Gasteiger partial charge in [-0.3, -0.25) is 9.69 Å². The Kier molecular flexibility index (Phi) is 8.12. The molecule has 1 N–H and O–H groups in total. The third-order valence-electron chi connectivity index (χ3n) is 5.75. The lowest BCUT2D eigenvalue weighted by Gasteiger charge is -2.31. The molecule has 2 aromatic carbocycles. The van der Waals surface area contributed by atoms with Crippen molar-refractivity contribution in [1.82, 2.24) is 10.2 Å². The monoisotopic (exact) mass is 394 g/mol. The van der Waals surface area contributed by atoms with Crippen molar-refractivity contribution in [1.29, 1.82) is 0 Å². The van der Waals surface area contributed by atoms with Crippen LogP contribution in [0.15, 0.2) is 48.5 Å². The number of ether oxygens (including phenoxy) is 1. The van der Waals surface area contributed by atoms with Crippen LogP contribution in [-0.4, -0.2) is 37.0 Å². The highest BCUT2D eigenvalue weighted by molar-refractivity contribution is 5.78. The van der Waals surface area contributed by atoms with E-state index in [1.165, 1.54) is 16.7 Å². The largest absolute Gasteiger partial charge is 0.492 e. The van der Waals surface area contributed by atoms with Crippen LogP contribution in [0.1, 0.15) is 42.9 Å². The second-order valence-electron chi connectivity index (χ2n) is 8.01. The van der Waals surface area contributed by atoms with E-state index in [0.717, 1.165) is 51.1 Å². The van der Waals surface area contributed by atoms with Crippen LogP contribution in [0.3, 0.4) is 0 Å². The van der Waals surface area contributed by atoms with Crippen molar-refractivity contribution < 1.29 is 9.53 Å². The predicted octanol–water partition coefficient (Wildman–Crippen LogP) is 4.35. The zero-order valence-electron chi connectivity index (χ0n) is 17.8. The van der Waals surface area contributed by atoms with Crippen LogP contribution in [-0.2, 0) is 17.8 Å². The van der Waals surface area contributed by atoms with Crippen LogP contribution in [0, 0.1) is 12.8 Å². The molecule has 1 saturated heterocycles. The first kappa shape index (κ1) is 21.4. The van der Waals surface area contributed by atoms with Crippen LogP contribution in [0.4, 0.5) is 0 Å². The van der Waals surface area contributed by atoms with Crippen molar-refractivity contribution in [2.45, 2.75) is 46.1 Å². The lowest BCUT2D eigenvalue weighted by molar-refractivity contribution is -0.126. The van der Waals surface area contributed by atoms with E-state index in [2.05, 4.69) is 60.5 Å². The fourth-order valence-electron chi connectivity index (χ4n) is 3.91. The number of aryl methyl sites for hydroxylation is 2. The molecule has 2 aromatic rings. The summed E-state index contributed by atoms with van der Waals surface area (Å²) in [6.45, 7) is 8.34. The molecule has 1 fully saturated rings. The summed E-state index contributed by atoms with van der Waals surface area (Å²) >= 11 is 0. The highest BCUT2D eigenvalue weighted by atomic mass is 16.5. The van der Waals surface area contributed by atoms with Gasteiger partial charge in [0.2, 0.25) is 5.91 Å². The zero-order chi connectivity index (χ0) is 20.5. The summed E-state index contributed by atoms with van der Waals surface area (Å²) in [4.78, 5) is 14.9. The lowest BCUT2D eigenvalue weighted by Crippen LogP contribution is -2.41. The molecule has 0 bridgehead atoms. The van der Waals surface area contributed by atoms with Gasteiger partial charge in [0.25, 0.3) is 0 Å². The van der Waals surface area contributed by atoms with E-state index in [0.29, 0.717) is 13.2 Å². The van der Waals surface area contributed by atoms with E-state index >= 15 is 0 Å². The Bertz CT molecular complexity index is 765. The molecule has 1 heterocycles. The summed E-state index contributed by atoms with van der Waals surface area (Å²) in [5.74, 6) is 1.16. The van der Waals surface area contributed by atoms with Gasteiger partial charge in [0.1, 0.15) is 12.4 Å². The molecular weight excluding hydrogens is 360 g/mol. The number of hydrogen-bond acceptors (Lipinski definition) is 3. The first-order valence-electron chi connectivity index (χ1n) is 10.9. The topological polar surface area (TPSA) is 41.6 Å². The quantitative estimate of drug-likeness (QED) is 0.643. The van der Waals surface area contributed by atoms with Crippen LogP contribution in [0.5, 0.6) is 5.75 Å². The van der Waals surface area contributed by atoms with E-state index in [9.17, 15) is 4.79 Å². The van der Waals surface area contributed by atoms with Gasteiger partial charge < -0.3 is 10.1 Å². The Labute approximate surface area is 175 Å². The van der Waals surface area contributed by atoms with Crippen molar-refractivity contribution in [2.24, 2.45) is 5.92 Å². The molecule has 1 aliphatic heterocycles. The average molecular weight is 395 g/mol. The fourth-order valence-corrected chi connectivity index (χ4v) is 3.91. The Balaban J connectivity index is 1.33. The molecule has 3 rings (SSSR count). The molecular formula is C25H34N2O2. The van der Waals surface area contributed by atoms with Crippen LogP contribution >= 0.6 is 0 Å². The number of carbonyl (C=O) groups excluding carboxylic acids is 1. The standard InChI is InChI=1S/C25H34N2O2/c1-3-6-21-9-11-24(12-10-21)29-18-15-26-25(28)22-13-16-27(17-14-22)19-23-8-5-4-7-20(23)2/h4-5,7-12,22H,3,6,13-19H2,1-2H3,(H,26,28). The molecule has 0 radical (unpaired) electrons. The average Bonchev–Trinajstić information content (AvgIpc) is 2.74. The molecule has 0 unspecified atom stereocenters. The van der Waals surface area contributed by atoms with E-state index in [4.69, 9.17) is 4.74 Å². The smallest absolute Gasteiger partial charge is 0.223 e. The fraction of sp³-hybridized carbons (Fsp3) is 0.480. The third-order valence-corrected chi connectivity index (χ3v) is 5.75. The zero-order valence-corrected chi connectivity index (χ0v) is 17.8. The van der Waals surface area contributed by atoms with Gasteiger partial charge in [-0.15, -0.1) is 0 Å². The van der Waals surface area contributed by atoms with E-state index in [1.807, 2.05) is 12.1 Å². The van der Waals surface area contributed by atoms with Crippen molar-refractivity contribution in [3.8, 4) is 5.75 Å². The minimum atomic E-state index is 0.122. The van der Waals surface area contributed by atoms with Gasteiger partial charge in [-0.25, -0.2) is 0 Å². The Hall–Kier alpha value is -2.33. The molecule has 0 saturated carbocycles. The third kappa shape index (κ3) is 6.60. The molecule has 1 aliphatic rings. The van der Waals surface area contributed by atoms with E-state index < -0.39 is 0 Å². The van der Waals surface area contributed by atoms with Gasteiger partial charge in [0, 0.05) is 12.5 Å². The Morgan fingerprint density at radius 3 is 2.52 bits per heavy atom. The van der Waals surface area contributed by atoms with Crippen molar-refractivity contribution in [2.75, 3.05) is 26.2 Å². The SMILES string of the molecule is CCCc1ccc(OCCNC(=O)C2CCN(Cc3ccccc3C)CC2)cc1. The van der Waals surface area contributed by atoms with Gasteiger partial charge in [-0.1, -0.05) is 49.7 Å². The van der Waals surface area contributed by atoms with Crippen molar-refractivity contribution in [3.05, 3.63) is 65.2 Å². The molecule has 0 aliphatic carbocycles. The maximum Gasteiger partial charge on any atom is 0.223 e.